The van der Waals surface area contributed by atoms with E-state index in [1.165, 1.54) is 24.1 Å². The molecule has 4 aliphatic rings. The third kappa shape index (κ3) is 6.72. The van der Waals surface area contributed by atoms with Crippen molar-refractivity contribution < 1.29 is 48.2 Å². The van der Waals surface area contributed by atoms with Gasteiger partial charge in [-0.05, 0) is 24.3 Å². The van der Waals surface area contributed by atoms with Crippen molar-refractivity contribution in [3.63, 3.8) is 0 Å². The van der Waals surface area contributed by atoms with E-state index in [1.54, 1.807) is 4.90 Å². The number of hydrogen-bond donors (Lipinski definition) is 5. The van der Waals surface area contributed by atoms with Crippen LogP contribution >= 0.6 is 23.1 Å². The summed E-state index contributed by atoms with van der Waals surface area (Å²) < 4.78 is 14.7. The molecule has 0 saturated carbocycles. The number of oxime groups is 1. The molecule has 1 aromatic carbocycles. The number of quaternary nitrogens is 1. The number of nitrogens with two attached hydrogens (primary N) is 1. The van der Waals surface area contributed by atoms with Gasteiger partial charge < -0.3 is 30.4 Å². The number of benzene rings is 1. The molecule has 21 heteroatoms. The van der Waals surface area contributed by atoms with Crippen LogP contribution in [0.3, 0.4) is 0 Å². The minimum atomic E-state index is -1.33. The number of ketones is 2. The number of aliphatic carboxylic acids is 1. The van der Waals surface area contributed by atoms with Gasteiger partial charge >= 0.3 is 5.97 Å². The van der Waals surface area contributed by atoms with E-state index in [0.717, 1.165) is 41.9 Å². The van der Waals surface area contributed by atoms with Gasteiger partial charge in [-0.3, -0.25) is 24.2 Å². The number of hydrogen-bond acceptors (Lipinski definition) is 16. The van der Waals surface area contributed by atoms with Crippen LogP contribution in [-0.4, -0.2) is 147 Å². The first-order valence-electron chi connectivity index (χ1n) is 16.7. The average molecular weight is 772 g/mol. The number of H-pyrrole nitrogens is 1. The lowest BCUT2D eigenvalue weighted by Gasteiger charge is -2.52. The Morgan fingerprint density at radius 2 is 1.96 bits per heavy atom. The van der Waals surface area contributed by atoms with E-state index in [4.69, 9.17) is 10.6 Å². The molecule has 280 valence electrons. The standard InChI is InChI=1S/C32H35FN10O8S2/c1-14(31(49)50)51-38-25(21-13-53-32(34)35-21)22(44)7-19-29(48)42-26(28-36-39-40-37-28)16(12-52-30(19)42)11-43(2)17-3-4-18(43)9-41(8-17)10-24(46)15-5-20(33)27(47)23(45)6-15/h5-6,13-14,17-19,30H,3-4,7-12H2,1-2H3,(H5-,34,35,36,37,38,39,40,44,45,46,47,49,50)/p+1/t14-,17-,18+,19+,30+,43?/m0/s1. The summed E-state index contributed by atoms with van der Waals surface area (Å²) in [7, 11) is 2.17. The van der Waals surface area contributed by atoms with Crippen LogP contribution in [0.15, 0.2) is 28.2 Å². The molecular formula is C32H36FN10O8S2+. The van der Waals surface area contributed by atoms with E-state index in [1.807, 2.05) is 4.90 Å². The number of phenols is 2. The van der Waals surface area contributed by atoms with E-state index in [9.17, 15) is 38.9 Å². The molecule has 53 heavy (non-hydrogen) atoms. The lowest BCUT2D eigenvalue weighted by atomic mass is 9.88. The van der Waals surface area contributed by atoms with E-state index in [2.05, 4.69) is 37.8 Å². The number of carboxylic acid groups (broad SMARTS) is 1. The largest absolute Gasteiger partial charge is 0.504 e. The molecule has 0 aliphatic carbocycles. The Labute approximate surface area is 309 Å². The number of tetrazole rings is 1. The number of carboxylic acids is 1. The fourth-order valence-corrected chi connectivity index (χ4v) is 9.61. The summed E-state index contributed by atoms with van der Waals surface area (Å²) in [5, 5.41) is 48.3. The molecule has 2 aromatic heterocycles. The zero-order valence-electron chi connectivity index (χ0n) is 28.5. The van der Waals surface area contributed by atoms with Gasteiger partial charge in [0.2, 0.25) is 17.8 Å². The van der Waals surface area contributed by atoms with Crippen molar-refractivity contribution in [2.75, 3.05) is 44.7 Å². The van der Waals surface area contributed by atoms with Crippen molar-refractivity contribution in [2.24, 2.45) is 11.1 Å². The zero-order chi connectivity index (χ0) is 37.8. The number of carbonyl (C=O) groups excluding carboxylic acids is 3. The van der Waals surface area contributed by atoms with E-state index >= 15 is 0 Å². The number of fused-ring (bicyclic) bond motifs is 3. The van der Waals surface area contributed by atoms with Gasteiger partial charge in [-0.1, -0.05) is 5.16 Å². The molecule has 0 radical (unpaired) electrons. The number of nitrogens with zero attached hydrogens (tertiary/aromatic N) is 8. The number of piperazine rings is 1. The normalized spacial score (nSPS) is 26.3. The highest BCUT2D eigenvalue weighted by Gasteiger charge is 2.56. The van der Waals surface area contributed by atoms with Crippen molar-refractivity contribution in [2.45, 2.75) is 49.7 Å². The molecule has 6 heterocycles. The second-order valence-electron chi connectivity index (χ2n) is 13.8. The lowest BCUT2D eigenvalue weighted by molar-refractivity contribution is -0.943. The van der Waals surface area contributed by atoms with E-state index in [-0.39, 0.29) is 64.7 Å². The Bertz CT molecular complexity index is 2000. The van der Waals surface area contributed by atoms with Gasteiger partial charge in [0, 0.05) is 41.5 Å². The second-order valence-corrected chi connectivity index (χ2v) is 15.8. The third-order valence-corrected chi connectivity index (χ3v) is 12.6. The quantitative estimate of drug-likeness (QED) is 0.0407. The maximum atomic E-state index is 14.0. The SMILES string of the molecule is C[C@H](O/N=C(\C(=O)C[C@@H]1C(=O)N2C(c3nn[nH]n3)=C(C[N+]3(C)[C@@H]4CC[C@H]3CN(CC(=O)c3cc(O)c(O)c(F)c3)C4)CS[C@H]12)c1csc(N)n1)C(=O)O. The number of nitrogens with one attached hydrogen (secondary N) is 1. The summed E-state index contributed by atoms with van der Waals surface area (Å²) in [4.78, 5) is 64.7. The predicted octanol–water partition coefficient (Wildman–Crippen LogP) is 1.06. The fraction of sp³-hybridized carbons (Fsp3) is 0.469. The number of likely N-dealkylation sites (N-methyl/N-ethyl adjacent to an activating group) is 1. The number of thiazole rings is 1. The van der Waals surface area contributed by atoms with Crippen LogP contribution in [0.1, 0.15) is 48.1 Å². The van der Waals surface area contributed by atoms with Gasteiger partial charge in [0.05, 0.1) is 43.7 Å². The number of carbonyl (C=O) groups is 4. The highest BCUT2D eigenvalue weighted by atomic mass is 32.2. The van der Waals surface area contributed by atoms with Gasteiger partial charge in [0.15, 0.2) is 39.7 Å². The highest BCUT2D eigenvalue weighted by molar-refractivity contribution is 8.00. The molecule has 4 aliphatic heterocycles. The van der Waals surface area contributed by atoms with Crippen molar-refractivity contribution in [3.8, 4) is 11.5 Å². The van der Waals surface area contributed by atoms with Gasteiger partial charge in [-0.2, -0.15) is 5.21 Å². The average Bonchev–Trinajstić information content (AvgIpc) is 3.83. The van der Waals surface area contributed by atoms with Crippen molar-refractivity contribution in [1.82, 2.24) is 35.4 Å². The van der Waals surface area contributed by atoms with E-state index in [0.29, 0.717) is 35.6 Å². The molecule has 0 spiro atoms. The number of amides is 1. The molecule has 6 N–H and O–H groups in total. The summed E-state index contributed by atoms with van der Waals surface area (Å²) in [5.74, 6) is -5.10. The summed E-state index contributed by atoms with van der Waals surface area (Å²) in [6.07, 6.45) is 0.266. The number of phenolic OH excluding ortho intramolecular Hbond substituents is 2. The monoisotopic (exact) mass is 771 g/mol. The highest BCUT2D eigenvalue weighted by Crippen LogP contribution is 2.49. The van der Waals surface area contributed by atoms with Crippen molar-refractivity contribution >= 4 is 63.1 Å². The Morgan fingerprint density at radius 1 is 1.23 bits per heavy atom. The number of likely N-dealkylation sites (tertiary alicyclic amines) is 1. The molecule has 1 unspecified atom stereocenters. The number of β-lactam (4-membered cyclic amide) rings is 1. The minimum absolute atomic E-state index is 0.0201. The van der Waals surface area contributed by atoms with Crippen LogP contribution in [0.2, 0.25) is 0 Å². The molecule has 6 atom stereocenters. The van der Waals surface area contributed by atoms with Crippen LogP contribution in [0.25, 0.3) is 5.70 Å². The van der Waals surface area contributed by atoms with Gasteiger partial charge in [0.1, 0.15) is 24.3 Å². The van der Waals surface area contributed by atoms with Gasteiger partial charge in [0.25, 0.3) is 0 Å². The molecule has 18 nitrogen and oxygen atoms in total. The van der Waals surface area contributed by atoms with Crippen LogP contribution in [0.4, 0.5) is 9.52 Å². The Hall–Kier alpha value is -4.99. The maximum absolute atomic E-state index is 14.0. The minimum Gasteiger partial charge on any atom is -0.504 e. The Morgan fingerprint density at radius 3 is 2.58 bits per heavy atom. The number of thioether (sulfide) groups is 1. The third-order valence-electron chi connectivity index (χ3n) is 10.5. The lowest BCUT2D eigenvalue weighted by Crippen LogP contribution is -2.66. The van der Waals surface area contributed by atoms with Crippen molar-refractivity contribution in [1.29, 1.82) is 0 Å². The number of aromatic amines is 1. The molecule has 2 bridgehead atoms. The molecular weight excluding hydrogens is 736 g/mol. The summed E-state index contributed by atoms with van der Waals surface area (Å²) in [6, 6.07) is 2.29. The van der Waals surface area contributed by atoms with Crippen LogP contribution in [0, 0.1) is 11.7 Å². The number of rotatable bonds is 13. The van der Waals surface area contributed by atoms with Gasteiger partial charge in [-0.25, -0.2) is 14.2 Å². The number of aromatic hydroxyl groups is 2. The number of nitrogen functional groups attached to an aromatic ring is 1. The molecule has 3 aromatic rings. The molecule has 3 saturated heterocycles. The smallest absolute Gasteiger partial charge is 0.347 e. The molecule has 1 amide bonds. The zero-order valence-corrected chi connectivity index (χ0v) is 30.1. The fourth-order valence-electron chi connectivity index (χ4n) is 7.66. The first-order chi connectivity index (χ1) is 25.2. The van der Waals surface area contributed by atoms with Crippen LogP contribution < -0.4 is 5.73 Å². The van der Waals surface area contributed by atoms with Crippen molar-refractivity contribution in [3.05, 3.63) is 46.0 Å². The number of anilines is 1. The van der Waals surface area contributed by atoms with Gasteiger partial charge in [-0.15, -0.1) is 33.3 Å². The number of aromatic nitrogens is 5. The summed E-state index contributed by atoms with van der Waals surface area (Å²) in [6.45, 7) is 3.07. The summed E-state index contributed by atoms with van der Waals surface area (Å²) in [5.41, 5.74) is 7.14. The van der Waals surface area contributed by atoms with E-state index < -0.39 is 46.5 Å². The van der Waals surface area contributed by atoms with Crippen LogP contribution in [-0.2, 0) is 19.2 Å². The number of halogens is 1. The molecule has 3 fully saturated rings. The predicted molar refractivity (Wildman–Crippen MR) is 187 cm³/mol. The Balaban J connectivity index is 1.08. The first kappa shape index (κ1) is 36.4. The Kier molecular flexibility index (Phi) is 9.68. The topological polar surface area (TPSA) is 250 Å². The first-order valence-corrected chi connectivity index (χ1v) is 18.6. The molecule has 7 rings (SSSR count). The maximum Gasteiger partial charge on any atom is 0.347 e. The van der Waals surface area contributed by atoms with Crippen LogP contribution in [0.5, 0.6) is 11.5 Å². The summed E-state index contributed by atoms with van der Waals surface area (Å²) >= 11 is 2.60. The second kappa shape index (κ2) is 14.1. The number of Topliss-reactive ketones (excluding diaryl/α,β-unsaturated/α-hetero) is 2.